The number of aliphatic hydroxyl groups excluding tert-OH is 1. The molecule has 3 atom stereocenters. The van der Waals surface area contributed by atoms with Crippen molar-refractivity contribution in [2.75, 3.05) is 46.0 Å². The molecule has 0 saturated heterocycles. The second-order valence-electron chi connectivity index (χ2n) is 13.9. The summed E-state index contributed by atoms with van der Waals surface area (Å²) in [5.41, 5.74) is 7.88. The second-order valence-corrected chi connectivity index (χ2v) is 13.9. The molecule has 0 saturated carbocycles. The summed E-state index contributed by atoms with van der Waals surface area (Å²) in [6.07, 6.45) is 4.88. The average molecular weight is 739 g/mol. The van der Waals surface area contributed by atoms with Crippen molar-refractivity contribution in [3.8, 4) is 0 Å². The number of carbonyl (C=O) groups is 5. The van der Waals surface area contributed by atoms with E-state index in [1.54, 1.807) is 12.3 Å². The summed E-state index contributed by atoms with van der Waals surface area (Å²) in [4.78, 5) is 63.7. The van der Waals surface area contributed by atoms with Crippen LogP contribution in [0.3, 0.4) is 0 Å². The van der Waals surface area contributed by atoms with Gasteiger partial charge in [-0.1, -0.05) is 51.1 Å². The number of alkyl halides is 1. The lowest BCUT2D eigenvalue weighted by atomic mass is 9.82. The maximum Gasteiger partial charge on any atom is 0.254 e. The molecule has 2 heterocycles. The molecule has 0 spiro atoms. The van der Waals surface area contributed by atoms with Crippen molar-refractivity contribution >= 4 is 35.1 Å². The molecule has 2 aromatic rings. The van der Waals surface area contributed by atoms with E-state index in [0.717, 1.165) is 22.6 Å². The van der Waals surface area contributed by atoms with Crippen molar-refractivity contribution in [1.29, 1.82) is 0 Å². The van der Waals surface area contributed by atoms with Gasteiger partial charge in [-0.2, -0.15) is 0 Å². The van der Waals surface area contributed by atoms with Crippen molar-refractivity contribution < 1.29 is 42.6 Å². The number of aliphatic hydroxyl groups is 1. The molecule has 0 radical (unpaired) electrons. The third kappa shape index (κ3) is 11.2. The van der Waals surface area contributed by atoms with Crippen LogP contribution < -0.4 is 16.4 Å². The Morgan fingerprint density at radius 3 is 2.38 bits per heavy atom. The van der Waals surface area contributed by atoms with Gasteiger partial charge in [0.05, 0.1) is 25.3 Å². The third-order valence-corrected chi connectivity index (χ3v) is 8.81. The van der Waals surface area contributed by atoms with E-state index in [4.69, 9.17) is 10.5 Å². The first-order valence-electron chi connectivity index (χ1n) is 17.5. The highest BCUT2D eigenvalue weighted by Crippen LogP contribution is 2.41. The minimum Gasteiger partial charge on any atom is -0.387 e. The average Bonchev–Trinajstić information content (AvgIpc) is 3.67. The first-order valence-corrected chi connectivity index (χ1v) is 17.5. The van der Waals surface area contributed by atoms with E-state index in [1.165, 1.54) is 17.1 Å². The monoisotopic (exact) mass is 738 g/mol. The van der Waals surface area contributed by atoms with E-state index < -0.39 is 72.2 Å². The SMILES string of the molecule is CC(C)(C)C(c1cc(C2=CC(F)=CCC2F)cn1Cc1ccccc1)N(CC[C@H](N)C(=O)NCCOCCNC(=O)CN1C(=O)C=CC1=O)C(=O)CO. The van der Waals surface area contributed by atoms with Gasteiger partial charge in [0.25, 0.3) is 11.8 Å². The van der Waals surface area contributed by atoms with E-state index in [9.17, 15) is 33.5 Å². The fourth-order valence-electron chi connectivity index (χ4n) is 6.24. The Morgan fingerprint density at radius 2 is 1.74 bits per heavy atom. The molecular weight excluding hydrogens is 690 g/mol. The summed E-state index contributed by atoms with van der Waals surface area (Å²) >= 11 is 0. The zero-order valence-electron chi connectivity index (χ0n) is 30.2. The van der Waals surface area contributed by atoms with E-state index in [0.29, 0.717) is 17.8 Å². The molecule has 1 aromatic heterocycles. The lowest BCUT2D eigenvalue weighted by Crippen LogP contribution is -2.48. The van der Waals surface area contributed by atoms with Crippen LogP contribution in [-0.2, 0) is 35.3 Å². The Hall–Kier alpha value is -4.99. The Morgan fingerprint density at radius 1 is 1.08 bits per heavy atom. The number of hydrogen-bond donors (Lipinski definition) is 4. The second kappa shape index (κ2) is 18.7. The van der Waals surface area contributed by atoms with Crippen LogP contribution in [0.5, 0.6) is 0 Å². The molecule has 13 nitrogen and oxygen atoms in total. The van der Waals surface area contributed by atoms with Crippen LogP contribution in [0.25, 0.3) is 5.57 Å². The Labute approximate surface area is 307 Å². The van der Waals surface area contributed by atoms with Crippen molar-refractivity contribution in [2.45, 2.75) is 58.4 Å². The Bertz CT molecular complexity index is 1720. The van der Waals surface area contributed by atoms with Gasteiger partial charge in [0, 0.05) is 56.6 Å². The molecule has 0 fully saturated rings. The molecule has 5 N–H and O–H groups in total. The number of benzene rings is 1. The van der Waals surface area contributed by atoms with Crippen LogP contribution in [0.2, 0.25) is 0 Å². The number of nitrogens with one attached hydrogen (secondary N) is 2. The maximum atomic E-state index is 15.1. The van der Waals surface area contributed by atoms with Crippen LogP contribution in [0.4, 0.5) is 8.78 Å². The largest absolute Gasteiger partial charge is 0.387 e. The summed E-state index contributed by atoms with van der Waals surface area (Å²) in [5, 5.41) is 15.3. The minimum absolute atomic E-state index is 0.00838. The molecule has 5 amide bonds. The minimum atomic E-state index is -1.41. The van der Waals surface area contributed by atoms with Gasteiger partial charge in [-0.05, 0) is 46.8 Å². The first-order chi connectivity index (χ1) is 25.2. The summed E-state index contributed by atoms with van der Waals surface area (Å²) in [6.45, 7) is 5.45. The maximum absolute atomic E-state index is 15.1. The van der Waals surface area contributed by atoms with Crippen LogP contribution in [-0.4, -0.2) is 107 Å². The topological polar surface area (TPSA) is 176 Å². The summed E-state index contributed by atoms with van der Waals surface area (Å²) in [6, 6.07) is 9.64. The molecule has 0 bridgehead atoms. The normalized spacial score (nSPS) is 17.0. The summed E-state index contributed by atoms with van der Waals surface area (Å²) in [7, 11) is 0. The van der Waals surface area contributed by atoms with Crippen LogP contribution in [0.15, 0.2) is 72.7 Å². The number of imide groups is 1. The quantitative estimate of drug-likeness (QED) is 0.133. The van der Waals surface area contributed by atoms with Crippen molar-refractivity contribution in [2.24, 2.45) is 11.1 Å². The molecule has 286 valence electrons. The third-order valence-electron chi connectivity index (χ3n) is 8.81. The molecule has 1 aromatic carbocycles. The fraction of sp³-hybridized carbons (Fsp3) is 0.447. The standard InChI is InChI=1S/C38H48F2N6O7/c1-38(2,3)36(31-19-26(28-20-27(39)9-10-29(28)40)22-44(31)21-25-7-5-4-6-8-25)45(35(51)24-47)16-13-30(41)37(52)43-15-18-53-17-14-42-32(48)23-46-33(49)11-12-34(46)50/h4-9,11-12,19-20,22,29-30,36,47H,10,13-18,21,23-24,41H2,1-3H3,(H,42,48)(H,43,52)/t29?,30-,36?/m0/s1. The van der Waals surface area contributed by atoms with Crippen LogP contribution in [0.1, 0.15) is 56.5 Å². The van der Waals surface area contributed by atoms with Gasteiger partial charge in [-0.25, -0.2) is 8.78 Å². The number of amides is 5. The van der Waals surface area contributed by atoms with E-state index in [1.807, 2.05) is 55.7 Å². The van der Waals surface area contributed by atoms with E-state index in [-0.39, 0.29) is 51.3 Å². The van der Waals surface area contributed by atoms with Crippen molar-refractivity contribution in [3.63, 3.8) is 0 Å². The van der Waals surface area contributed by atoms with Gasteiger partial charge in [0.1, 0.15) is 25.2 Å². The molecule has 53 heavy (non-hydrogen) atoms. The number of carbonyl (C=O) groups excluding carboxylic acids is 5. The number of nitrogens with two attached hydrogens (primary N) is 1. The summed E-state index contributed by atoms with van der Waals surface area (Å²) < 4.78 is 36.8. The highest BCUT2D eigenvalue weighted by Gasteiger charge is 2.38. The van der Waals surface area contributed by atoms with Crippen molar-refractivity contribution in [1.82, 2.24) is 25.0 Å². The highest BCUT2D eigenvalue weighted by atomic mass is 19.1. The van der Waals surface area contributed by atoms with Gasteiger partial charge in [-0.3, -0.25) is 28.9 Å². The number of rotatable bonds is 18. The highest BCUT2D eigenvalue weighted by molar-refractivity contribution is 6.14. The Kier molecular flexibility index (Phi) is 14.4. The molecule has 15 heteroatoms. The lowest BCUT2D eigenvalue weighted by Gasteiger charge is -2.41. The molecular formula is C38H48F2N6O7. The molecule has 1 aliphatic heterocycles. The van der Waals surface area contributed by atoms with Crippen LogP contribution >= 0.6 is 0 Å². The van der Waals surface area contributed by atoms with E-state index in [2.05, 4.69) is 10.6 Å². The lowest BCUT2D eigenvalue weighted by molar-refractivity contribution is -0.141. The molecule has 2 unspecified atom stereocenters. The zero-order valence-corrected chi connectivity index (χ0v) is 30.2. The van der Waals surface area contributed by atoms with Crippen molar-refractivity contribution in [3.05, 3.63) is 89.5 Å². The number of aromatic nitrogens is 1. The predicted molar refractivity (Wildman–Crippen MR) is 193 cm³/mol. The number of ether oxygens (including phenoxy) is 1. The molecule has 2 aliphatic rings. The number of nitrogens with zero attached hydrogens (tertiary/aromatic N) is 3. The van der Waals surface area contributed by atoms with Gasteiger partial charge in [0.2, 0.25) is 17.7 Å². The number of hydrogen-bond acceptors (Lipinski definition) is 8. The molecule has 4 rings (SSSR count). The number of allylic oxidation sites excluding steroid dienone is 4. The first kappa shape index (κ1) is 40.8. The fourth-order valence-corrected chi connectivity index (χ4v) is 6.24. The van der Waals surface area contributed by atoms with Gasteiger partial charge in [-0.15, -0.1) is 0 Å². The predicted octanol–water partition coefficient (Wildman–Crippen LogP) is 2.31. The van der Waals surface area contributed by atoms with Crippen LogP contribution in [0, 0.1) is 5.41 Å². The Balaban J connectivity index is 1.38. The zero-order chi connectivity index (χ0) is 38.7. The van der Waals surface area contributed by atoms with E-state index >= 15 is 4.39 Å². The van der Waals surface area contributed by atoms with Gasteiger partial charge < -0.3 is 35.7 Å². The summed E-state index contributed by atoms with van der Waals surface area (Å²) in [5.74, 6) is -3.22. The van der Waals surface area contributed by atoms with Gasteiger partial charge in [0.15, 0.2) is 0 Å². The number of halogens is 2. The molecule has 1 aliphatic carbocycles. The van der Waals surface area contributed by atoms with Gasteiger partial charge >= 0.3 is 0 Å². The smallest absolute Gasteiger partial charge is 0.254 e.